The van der Waals surface area contributed by atoms with Gasteiger partial charge in [0.25, 0.3) is 5.91 Å². The Kier molecular flexibility index (Phi) is 4.50. The summed E-state index contributed by atoms with van der Waals surface area (Å²) in [5.41, 5.74) is 5.78. The van der Waals surface area contributed by atoms with Crippen LogP contribution in [0.5, 0.6) is 0 Å². The van der Waals surface area contributed by atoms with Crippen LogP contribution in [-0.2, 0) is 0 Å². The van der Waals surface area contributed by atoms with E-state index >= 15 is 0 Å². The van der Waals surface area contributed by atoms with Gasteiger partial charge >= 0.3 is 0 Å². The summed E-state index contributed by atoms with van der Waals surface area (Å²) in [4.78, 5) is 19.6. The van der Waals surface area contributed by atoms with Crippen molar-refractivity contribution in [3.05, 3.63) is 18.1 Å². The van der Waals surface area contributed by atoms with Crippen LogP contribution in [0.3, 0.4) is 0 Å². The lowest BCUT2D eigenvalue weighted by Crippen LogP contribution is -2.27. The van der Waals surface area contributed by atoms with Gasteiger partial charge < -0.3 is 11.1 Å². The normalized spacial score (nSPS) is 16.4. The maximum Gasteiger partial charge on any atom is 0.271 e. The summed E-state index contributed by atoms with van der Waals surface area (Å²) in [5, 5.41) is 2.88. The third-order valence-electron chi connectivity index (χ3n) is 3.45. The molecule has 0 atom stereocenters. The number of hydrogen-bond donors (Lipinski definition) is 2. The van der Waals surface area contributed by atoms with Crippen molar-refractivity contribution in [2.75, 3.05) is 12.3 Å². The standard InChI is InChI=1S/C13H20N4O/c14-12-9-15-8-11(17-12)13(18)16-7-6-10-4-2-1-3-5-10/h8-10H,1-7H2,(H2,14,17)(H,16,18). The Balaban J connectivity index is 1.74. The largest absolute Gasteiger partial charge is 0.382 e. The summed E-state index contributed by atoms with van der Waals surface area (Å²) in [6.07, 6.45) is 10.6. The monoisotopic (exact) mass is 248 g/mol. The smallest absolute Gasteiger partial charge is 0.271 e. The molecule has 5 nitrogen and oxygen atoms in total. The number of rotatable bonds is 4. The van der Waals surface area contributed by atoms with Crippen LogP contribution >= 0.6 is 0 Å². The second-order valence-corrected chi connectivity index (χ2v) is 4.88. The number of carbonyl (C=O) groups excluding carboxylic acids is 1. The first-order valence-electron chi connectivity index (χ1n) is 6.61. The molecule has 1 amide bonds. The van der Waals surface area contributed by atoms with Crippen molar-refractivity contribution in [3.8, 4) is 0 Å². The summed E-state index contributed by atoms with van der Waals surface area (Å²) in [6.45, 7) is 0.708. The third kappa shape index (κ3) is 3.68. The van der Waals surface area contributed by atoms with Crippen molar-refractivity contribution in [2.45, 2.75) is 38.5 Å². The zero-order valence-electron chi connectivity index (χ0n) is 10.6. The lowest BCUT2D eigenvalue weighted by atomic mass is 9.87. The molecule has 0 aliphatic heterocycles. The minimum Gasteiger partial charge on any atom is -0.382 e. The fourth-order valence-corrected chi connectivity index (χ4v) is 2.45. The fraction of sp³-hybridized carbons (Fsp3) is 0.615. The van der Waals surface area contributed by atoms with Crippen molar-refractivity contribution in [3.63, 3.8) is 0 Å². The van der Waals surface area contributed by atoms with Crippen LogP contribution in [0.4, 0.5) is 5.82 Å². The summed E-state index contributed by atoms with van der Waals surface area (Å²) in [6, 6.07) is 0. The number of carbonyl (C=O) groups is 1. The van der Waals surface area contributed by atoms with Gasteiger partial charge in [-0.05, 0) is 12.3 Å². The Morgan fingerprint density at radius 2 is 2.11 bits per heavy atom. The Morgan fingerprint density at radius 1 is 1.33 bits per heavy atom. The second kappa shape index (κ2) is 6.33. The number of amides is 1. The van der Waals surface area contributed by atoms with Crippen molar-refractivity contribution < 1.29 is 4.79 Å². The topological polar surface area (TPSA) is 80.9 Å². The molecule has 0 saturated heterocycles. The predicted molar refractivity (Wildman–Crippen MR) is 70.0 cm³/mol. The molecule has 1 saturated carbocycles. The molecule has 0 aromatic carbocycles. The quantitative estimate of drug-likeness (QED) is 0.850. The van der Waals surface area contributed by atoms with Crippen molar-refractivity contribution in [1.82, 2.24) is 15.3 Å². The van der Waals surface area contributed by atoms with E-state index in [1.54, 1.807) is 0 Å². The van der Waals surface area contributed by atoms with Gasteiger partial charge in [0, 0.05) is 6.54 Å². The van der Waals surface area contributed by atoms with Crippen LogP contribution in [-0.4, -0.2) is 22.4 Å². The zero-order chi connectivity index (χ0) is 12.8. The number of hydrogen-bond acceptors (Lipinski definition) is 4. The Bertz CT molecular complexity index is 402. The van der Waals surface area contributed by atoms with Gasteiger partial charge in [0.1, 0.15) is 11.5 Å². The van der Waals surface area contributed by atoms with E-state index in [1.165, 1.54) is 44.5 Å². The van der Waals surface area contributed by atoms with Crippen molar-refractivity contribution in [1.29, 1.82) is 0 Å². The van der Waals surface area contributed by atoms with Crippen LogP contribution in [0.2, 0.25) is 0 Å². The van der Waals surface area contributed by atoms with Crippen LogP contribution in [0.15, 0.2) is 12.4 Å². The number of nitrogens with zero attached hydrogens (tertiary/aromatic N) is 2. The van der Waals surface area contributed by atoms with E-state index in [2.05, 4.69) is 15.3 Å². The summed E-state index contributed by atoms with van der Waals surface area (Å²) in [7, 11) is 0. The Morgan fingerprint density at radius 3 is 2.83 bits per heavy atom. The first kappa shape index (κ1) is 12.8. The molecule has 1 fully saturated rings. The van der Waals surface area contributed by atoms with Crippen LogP contribution in [0.1, 0.15) is 49.0 Å². The molecule has 0 unspecified atom stereocenters. The van der Waals surface area contributed by atoms with E-state index in [0.717, 1.165) is 12.3 Å². The molecular formula is C13H20N4O. The molecule has 1 aromatic heterocycles. The molecule has 2 rings (SSSR count). The van der Waals surface area contributed by atoms with E-state index in [0.29, 0.717) is 12.2 Å². The van der Waals surface area contributed by atoms with Gasteiger partial charge in [0.2, 0.25) is 0 Å². The Hall–Kier alpha value is -1.65. The molecule has 1 aromatic rings. The van der Waals surface area contributed by atoms with Gasteiger partial charge in [-0.3, -0.25) is 9.78 Å². The van der Waals surface area contributed by atoms with Crippen LogP contribution in [0, 0.1) is 5.92 Å². The van der Waals surface area contributed by atoms with Gasteiger partial charge in [-0.2, -0.15) is 0 Å². The molecule has 0 bridgehead atoms. The maximum absolute atomic E-state index is 11.8. The SMILES string of the molecule is Nc1cncc(C(=O)NCCC2CCCCC2)n1. The molecule has 98 valence electrons. The average Bonchev–Trinajstić information content (AvgIpc) is 2.40. The Labute approximate surface area is 107 Å². The van der Waals surface area contributed by atoms with Gasteiger partial charge in [-0.1, -0.05) is 32.1 Å². The third-order valence-corrected chi connectivity index (χ3v) is 3.45. The molecule has 18 heavy (non-hydrogen) atoms. The predicted octanol–water partition coefficient (Wildman–Crippen LogP) is 1.76. The molecule has 0 radical (unpaired) electrons. The molecular weight excluding hydrogens is 228 g/mol. The van der Waals surface area contributed by atoms with E-state index in [4.69, 9.17) is 5.73 Å². The maximum atomic E-state index is 11.8. The highest BCUT2D eigenvalue weighted by atomic mass is 16.1. The minimum atomic E-state index is -0.189. The lowest BCUT2D eigenvalue weighted by Gasteiger charge is -2.21. The second-order valence-electron chi connectivity index (χ2n) is 4.88. The number of aromatic nitrogens is 2. The van der Waals surface area contributed by atoms with Gasteiger partial charge in [0.15, 0.2) is 0 Å². The number of nitrogens with two attached hydrogens (primary N) is 1. The average molecular weight is 248 g/mol. The lowest BCUT2D eigenvalue weighted by molar-refractivity contribution is 0.0945. The van der Waals surface area contributed by atoms with Gasteiger partial charge in [-0.15, -0.1) is 0 Å². The molecule has 3 N–H and O–H groups in total. The number of anilines is 1. The summed E-state index contributed by atoms with van der Waals surface area (Å²) < 4.78 is 0. The summed E-state index contributed by atoms with van der Waals surface area (Å²) >= 11 is 0. The molecule has 1 aliphatic carbocycles. The van der Waals surface area contributed by atoms with E-state index in [1.807, 2.05) is 0 Å². The van der Waals surface area contributed by atoms with Crippen molar-refractivity contribution in [2.24, 2.45) is 5.92 Å². The number of nitrogens with one attached hydrogen (secondary N) is 1. The summed E-state index contributed by atoms with van der Waals surface area (Å²) in [5.74, 6) is 0.853. The van der Waals surface area contributed by atoms with Gasteiger partial charge in [0.05, 0.1) is 12.4 Å². The van der Waals surface area contributed by atoms with Crippen molar-refractivity contribution >= 4 is 11.7 Å². The van der Waals surface area contributed by atoms with E-state index < -0.39 is 0 Å². The molecule has 1 heterocycles. The van der Waals surface area contributed by atoms with E-state index in [-0.39, 0.29) is 11.7 Å². The highest BCUT2D eigenvalue weighted by Crippen LogP contribution is 2.25. The molecule has 1 aliphatic rings. The number of nitrogen functional groups attached to an aromatic ring is 1. The minimum absolute atomic E-state index is 0.189. The van der Waals surface area contributed by atoms with Crippen LogP contribution in [0.25, 0.3) is 0 Å². The van der Waals surface area contributed by atoms with E-state index in [9.17, 15) is 4.79 Å². The highest BCUT2D eigenvalue weighted by Gasteiger charge is 2.14. The highest BCUT2D eigenvalue weighted by molar-refractivity contribution is 5.92. The van der Waals surface area contributed by atoms with Gasteiger partial charge in [-0.25, -0.2) is 4.98 Å². The fourth-order valence-electron chi connectivity index (χ4n) is 2.45. The first-order valence-corrected chi connectivity index (χ1v) is 6.61. The zero-order valence-corrected chi connectivity index (χ0v) is 10.6. The molecule has 0 spiro atoms. The molecule has 5 heteroatoms. The van der Waals surface area contributed by atoms with Crippen LogP contribution < -0.4 is 11.1 Å². The first-order chi connectivity index (χ1) is 8.75.